The lowest BCUT2D eigenvalue weighted by atomic mass is 10.0. The fraction of sp³-hybridized carbons (Fsp3) is 1.00. The molecule has 0 aromatic carbocycles. The van der Waals surface area contributed by atoms with Crippen LogP contribution in [0.5, 0.6) is 0 Å². The molecule has 0 amide bonds. The quantitative estimate of drug-likeness (QED) is 0.657. The molecule has 1 saturated carbocycles. The molecular weight excluding hydrogens is 142 g/mol. The van der Waals surface area contributed by atoms with Gasteiger partial charge in [0.05, 0.1) is 0 Å². The summed E-state index contributed by atoms with van der Waals surface area (Å²) in [5, 5.41) is 0. The highest BCUT2D eigenvalue weighted by atomic mass is 32.2. The summed E-state index contributed by atoms with van der Waals surface area (Å²) >= 11 is 2.10. The summed E-state index contributed by atoms with van der Waals surface area (Å²) in [5.74, 6) is 3.84. The first-order valence-corrected chi connectivity index (χ1v) is 5.22. The highest BCUT2D eigenvalue weighted by molar-refractivity contribution is 8.00. The van der Waals surface area contributed by atoms with Gasteiger partial charge in [-0.1, -0.05) is 0 Å². The Hall–Kier alpha value is 0.310. The summed E-state index contributed by atoms with van der Waals surface area (Å²) in [7, 11) is 0. The van der Waals surface area contributed by atoms with Crippen molar-refractivity contribution in [2.45, 2.75) is 25.8 Å². The lowest BCUT2D eigenvalue weighted by Gasteiger charge is -2.26. The van der Waals surface area contributed by atoms with Gasteiger partial charge >= 0.3 is 0 Å². The maximum absolute atomic E-state index is 5.73. The van der Waals surface area contributed by atoms with Crippen LogP contribution >= 0.6 is 11.8 Å². The zero-order chi connectivity index (χ0) is 7.19. The normalized spacial score (nSPS) is 37.2. The fourth-order valence-corrected chi connectivity index (χ4v) is 3.37. The van der Waals surface area contributed by atoms with Crippen LogP contribution in [0.3, 0.4) is 0 Å². The third kappa shape index (κ3) is 0.978. The summed E-state index contributed by atoms with van der Waals surface area (Å²) in [6.07, 6.45) is 2.74. The second kappa shape index (κ2) is 2.15. The van der Waals surface area contributed by atoms with E-state index >= 15 is 0 Å². The molecule has 0 aromatic heterocycles. The van der Waals surface area contributed by atoms with E-state index in [0.717, 1.165) is 11.3 Å². The van der Waals surface area contributed by atoms with E-state index < -0.39 is 0 Å². The lowest BCUT2D eigenvalue weighted by molar-refractivity contribution is 0.493. The first-order valence-electron chi connectivity index (χ1n) is 4.06. The summed E-state index contributed by atoms with van der Waals surface area (Å²) in [6.45, 7) is 2.12. The predicted octanol–water partition coefficient (Wildman–Crippen LogP) is 1.48. The molecule has 0 bridgehead atoms. The van der Waals surface area contributed by atoms with E-state index in [4.69, 9.17) is 5.73 Å². The van der Waals surface area contributed by atoms with Crippen molar-refractivity contribution in [3.63, 3.8) is 0 Å². The van der Waals surface area contributed by atoms with Gasteiger partial charge in [-0.3, -0.25) is 0 Å². The minimum Gasteiger partial charge on any atom is -0.328 e. The summed E-state index contributed by atoms with van der Waals surface area (Å²) in [5.41, 5.74) is 6.53. The molecule has 2 heteroatoms. The van der Waals surface area contributed by atoms with E-state index in [9.17, 15) is 0 Å². The van der Waals surface area contributed by atoms with Gasteiger partial charge in [-0.2, -0.15) is 11.8 Å². The van der Waals surface area contributed by atoms with Crippen LogP contribution in [0.15, 0.2) is 0 Å². The Balaban J connectivity index is 1.79. The molecule has 1 nitrogen and oxygen atoms in total. The molecule has 1 saturated heterocycles. The van der Waals surface area contributed by atoms with Crippen molar-refractivity contribution in [1.29, 1.82) is 0 Å². The Labute approximate surface area is 66.7 Å². The predicted molar refractivity (Wildman–Crippen MR) is 46.1 cm³/mol. The summed E-state index contributed by atoms with van der Waals surface area (Å²) < 4.78 is 0. The van der Waals surface area contributed by atoms with Gasteiger partial charge in [-0.15, -0.1) is 0 Å². The van der Waals surface area contributed by atoms with Gasteiger partial charge in [0.25, 0.3) is 0 Å². The van der Waals surface area contributed by atoms with Crippen LogP contribution in [-0.4, -0.2) is 17.5 Å². The van der Waals surface area contributed by atoms with Gasteiger partial charge in [-0.25, -0.2) is 0 Å². The van der Waals surface area contributed by atoms with E-state index in [2.05, 4.69) is 18.7 Å². The van der Waals surface area contributed by atoms with Crippen molar-refractivity contribution < 1.29 is 0 Å². The second-order valence-corrected chi connectivity index (χ2v) is 4.95. The van der Waals surface area contributed by atoms with E-state index in [1.165, 1.54) is 24.3 Å². The van der Waals surface area contributed by atoms with Crippen LogP contribution < -0.4 is 5.73 Å². The molecule has 10 heavy (non-hydrogen) atoms. The van der Waals surface area contributed by atoms with Crippen molar-refractivity contribution in [2.24, 2.45) is 17.1 Å². The topological polar surface area (TPSA) is 26.0 Å². The Morgan fingerprint density at radius 1 is 1.70 bits per heavy atom. The first-order chi connectivity index (χ1) is 4.73. The SMILES string of the molecule is CC(N)CC1CC12CSC2. The summed E-state index contributed by atoms with van der Waals surface area (Å²) in [4.78, 5) is 0. The fourth-order valence-electron chi connectivity index (χ4n) is 1.93. The van der Waals surface area contributed by atoms with Gasteiger partial charge in [-0.05, 0) is 31.1 Å². The largest absolute Gasteiger partial charge is 0.328 e. The molecular formula is C8H15NS. The molecule has 2 fully saturated rings. The Kier molecular flexibility index (Phi) is 1.50. The Morgan fingerprint density at radius 2 is 2.40 bits per heavy atom. The van der Waals surface area contributed by atoms with Gasteiger partial charge in [0.2, 0.25) is 0 Å². The average Bonchev–Trinajstić information content (AvgIpc) is 2.37. The number of rotatable bonds is 2. The van der Waals surface area contributed by atoms with Gasteiger partial charge in [0, 0.05) is 17.5 Å². The average molecular weight is 157 g/mol. The van der Waals surface area contributed by atoms with Gasteiger partial charge in [0.1, 0.15) is 0 Å². The molecule has 1 heterocycles. The Bertz CT molecular complexity index is 140. The highest BCUT2D eigenvalue weighted by Crippen LogP contribution is 2.63. The van der Waals surface area contributed by atoms with Crippen LogP contribution in [0.25, 0.3) is 0 Å². The third-order valence-corrected chi connectivity index (χ3v) is 4.35. The minimum absolute atomic E-state index is 0.426. The third-order valence-electron chi connectivity index (χ3n) is 2.79. The maximum Gasteiger partial charge on any atom is 0.00133 e. The maximum atomic E-state index is 5.73. The van der Waals surface area contributed by atoms with Crippen molar-refractivity contribution in [3.8, 4) is 0 Å². The molecule has 58 valence electrons. The van der Waals surface area contributed by atoms with Crippen LogP contribution in [0.2, 0.25) is 0 Å². The molecule has 0 radical (unpaired) electrons. The number of nitrogens with two attached hydrogens (primary N) is 1. The monoisotopic (exact) mass is 157 g/mol. The molecule has 0 aromatic rings. The molecule has 2 rings (SSSR count). The van der Waals surface area contributed by atoms with Crippen LogP contribution in [0.1, 0.15) is 19.8 Å². The van der Waals surface area contributed by atoms with Crippen molar-refractivity contribution >= 4 is 11.8 Å². The van der Waals surface area contributed by atoms with Crippen molar-refractivity contribution in [3.05, 3.63) is 0 Å². The van der Waals surface area contributed by atoms with Crippen molar-refractivity contribution in [2.75, 3.05) is 11.5 Å². The molecule has 2 atom stereocenters. The van der Waals surface area contributed by atoms with Crippen LogP contribution in [0, 0.1) is 11.3 Å². The first kappa shape index (κ1) is 6.99. The smallest absolute Gasteiger partial charge is 0.00133 e. The molecule has 2 N–H and O–H groups in total. The second-order valence-electron chi connectivity index (χ2n) is 3.97. The van der Waals surface area contributed by atoms with Crippen LogP contribution in [0.4, 0.5) is 0 Å². The Morgan fingerprint density at radius 3 is 2.70 bits per heavy atom. The summed E-state index contributed by atoms with van der Waals surface area (Å²) in [6, 6.07) is 0.426. The van der Waals surface area contributed by atoms with Gasteiger partial charge in [0.15, 0.2) is 0 Å². The standard InChI is InChI=1S/C8H15NS/c1-6(9)2-7-3-8(7)4-10-5-8/h6-7H,2-5,9H2,1H3. The zero-order valence-corrected chi connectivity index (χ0v) is 7.29. The number of hydrogen-bond donors (Lipinski definition) is 1. The molecule has 2 aliphatic rings. The van der Waals surface area contributed by atoms with Gasteiger partial charge < -0.3 is 5.73 Å². The minimum atomic E-state index is 0.426. The van der Waals surface area contributed by atoms with E-state index in [-0.39, 0.29) is 0 Å². The van der Waals surface area contributed by atoms with E-state index in [0.29, 0.717) is 6.04 Å². The molecule has 1 spiro atoms. The highest BCUT2D eigenvalue weighted by Gasteiger charge is 2.57. The van der Waals surface area contributed by atoms with E-state index in [1.54, 1.807) is 0 Å². The van der Waals surface area contributed by atoms with E-state index in [1.807, 2.05) is 0 Å². The molecule has 1 aliphatic heterocycles. The zero-order valence-electron chi connectivity index (χ0n) is 6.47. The number of hydrogen-bond acceptors (Lipinski definition) is 2. The number of thioether (sulfide) groups is 1. The molecule has 1 aliphatic carbocycles. The molecule has 2 unspecified atom stereocenters. The van der Waals surface area contributed by atoms with Crippen LogP contribution in [-0.2, 0) is 0 Å². The van der Waals surface area contributed by atoms with Crippen molar-refractivity contribution in [1.82, 2.24) is 0 Å². The lowest BCUT2D eigenvalue weighted by Crippen LogP contribution is -2.25.